The molecule has 2 rings (SSSR count). The fourth-order valence-corrected chi connectivity index (χ4v) is 3.42. The largest absolute Gasteiger partial charge is 0.362 e. The van der Waals surface area contributed by atoms with Crippen molar-refractivity contribution in [1.82, 2.24) is 5.32 Å². The van der Waals surface area contributed by atoms with Gasteiger partial charge in [0, 0.05) is 28.6 Å². The van der Waals surface area contributed by atoms with Crippen LogP contribution in [0.3, 0.4) is 0 Å². The lowest BCUT2D eigenvalue weighted by Crippen LogP contribution is -2.30. The van der Waals surface area contributed by atoms with Crippen LogP contribution in [0.15, 0.2) is 47.8 Å². The summed E-state index contributed by atoms with van der Waals surface area (Å²) in [4.78, 5) is 1.43. The zero-order valence-corrected chi connectivity index (χ0v) is 12.9. The van der Waals surface area contributed by atoms with Gasteiger partial charge >= 0.3 is 0 Å². The molecular formula is C14H16N2S3. The zero-order valence-electron chi connectivity index (χ0n) is 10.5. The standard InChI is InChI=1S/C14H16N2S3/c17-14(16-12-5-2-1-3-6-12)15-8-10-18-11-13-7-4-9-19-13/h1-7,9H,8,10-11H2,(H2,15,16,17). The maximum absolute atomic E-state index is 5.24. The van der Waals surface area contributed by atoms with E-state index >= 15 is 0 Å². The lowest BCUT2D eigenvalue weighted by atomic mass is 10.3. The number of anilines is 1. The lowest BCUT2D eigenvalue weighted by Gasteiger charge is -2.09. The molecular weight excluding hydrogens is 292 g/mol. The fourth-order valence-electron chi connectivity index (χ4n) is 1.50. The van der Waals surface area contributed by atoms with E-state index in [-0.39, 0.29) is 0 Å². The highest BCUT2D eigenvalue weighted by molar-refractivity contribution is 7.98. The van der Waals surface area contributed by atoms with Crippen LogP contribution in [0.25, 0.3) is 0 Å². The van der Waals surface area contributed by atoms with Crippen LogP contribution >= 0.6 is 35.3 Å². The number of rotatable bonds is 6. The molecule has 0 fully saturated rings. The van der Waals surface area contributed by atoms with Crippen LogP contribution < -0.4 is 10.6 Å². The van der Waals surface area contributed by atoms with Gasteiger partial charge in [-0.25, -0.2) is 0 Å². The third-order valence-electron chi connectivity index (χ3n) is 2.39. The molecule has 0 aliphatic heterocycles. The summed E-state index contributed by atoms with van der Waals surface area (Å²) in [5, 5.41) is 9.17. The van der Waals surface area contributed by atoms with E-state index in [1.165, 1.54) is 4.88 Å². The Balaban J connectivity index is 1.57. The van der Waals surface area contributed by atoms with Crippen molar-refractivity contribution in [3.05, 3.63) is 52.7 Å². The van der Waals surface area contributed by atoms with E-state index in [1.807, 2.05) is 53.4 Å². The summed E-state index contributed by atoms with van der Waals surface area (Å²) in [5.74, 6) is 2.13. The molecule has 0 spiro atoms. The molecule has 0 aliphatic carbocycles. The van der Waals surface area contributed by atoms with Gasteiger partial charge in [-0.15, -0.1) is 11.3 Å². The molecule has 100 valence electrons. The highest BCUT2D eigenvalue weighted by Crippen LogP contribution is 2.16. The van der Waals surface area contributed by atoms with E-state index in [0.717, 1.165) is 23.7 Å². The summed E-state index contributed by atoms with van der Waals surface area (Å²) >= 11 is 8.97. The second kappa shape index (κ2) is 8.19. The highest BCUT2D eigenvalue weighted by atomic mass is 32.2. The van der Waals surface area contributed by atoms with Crippen LogP contribution in [0.5, 0.6) is 0 Å². The Morgan fingerprint density at radius 3 is 2.74 bits per heavy atom. The summed E-state index contributed by atoms with van der Waals surface area (Å²) in [5.41, 5.74) is 1.02. The maximum Gasteiger partial charge on any atom is 0.170 e. The third-order valence-corrected chi connectivity index (χ3v) is 4.70. The number of nitrogens with one attached hydrogen (secondary N) is 2. The molecule has 2 nitrogen and oxygen atoms in total. The topological polar surface area (TPSA) is 24.1 Å². The summed E-state index contributed by atoms with van der Waals surface area (Å²) in [7, 11) is 0. The second-order valence-corrected chi connectivity index (χ2v) is 6.42. The van der Waals surface area contributed by atoms with Gasteiger partial charge in [-0.1, -0.05) is 24.3 Å². The molecule has 0 amide bonds. The van der Waals surface area contributed by atoms with Crippen LogP contribution in [0.2, 0.25) is 0 Å². The average molecular weight is 308 g/mol. The van der Waals surface area contributed by atoms with Crippen molar-refractivity contribution in [2.45, 2.75) is 5.75 Å². The Hall–Kier alpha value is -1.04. The van der Waals surface area contributed by atoms with Gasteiger partial charge in [0.05, 0.1) is 0 Å². The van der Waals surface area contributed by atoms with Crippen molar-refractivity contribution in [1.29, 1.82) is 0 Å². The molecule has 2 aromatic rings. The molecule has 1 aromatic carbocycles. The normalized spacial score (nSPS) is 10.1. The number of para-hydroxylation sites is 1. The predicted molar refractivity (Wildman–Crippen MR) is 91.1 cm³/mol. The van der Waals surface area contributed by atoms with Crippen LogP contribution in [0.1, 0.15) is 4.88 Å². The van der Waals surface area contributed by atoms with Gasteiger partial charge in [0.1, 0.15) is 0 Å². The summed E-state index contributed by atoms with van der Waals surface area (Å²) in [6.07, 6.45) is 0. The van der Waals surface area contributed by atoms with Crippen LogP contribution in [0.4, 0.5) is 5.69 Å². The van der Waals surface area contributed by atoms with Gasteiger partial charge in [-0.05, 0) is 35.8 Å². The first-order valence-electron chi connectivity index (χ1n) is 6.04. The number of thiophene rings is 1. The second-order valence-electron chi connectivity index (χ2n) is 3.88. The molecule has 5 heteroatoms. The number of hydrogen-bond donors (Lipinski definition) is 2. The van der Waals surface area contributed by atoms with E-state index in [1.54, 1.807) is 0 Å². The number of thiocarbonyl (C=S) groups is 1. The van der Waals surface area contributed by atoms with E-state index in [9.17, 15) is 0 Å². The lowest BCUT2D eigenvalue weighted by molar-refractivity contribution is 0.990. The predicted octanol–water partition coefficient (Wildman–Crippen LogP) is 3.97. The van der Waals surface area contributed by atoms with Crippen molar-refractivity contribution in [3.8, 4) is 0 Å². The molecule has 0 atom stereocenters. The van der Waals surface area contributed by atoms with Crippen molar-refractivity contribution < 1.29 is 0 Å². The molecule has 19 heavy (non-hydrogen) atoms. The number of benzene rings is 1. The van der Waals surface area contributed by atoms with Crippen molar-refractivity contribution in [3.63, 3.8) is 0 Å². The molecule has 0 radical (unpaired) electrons. The summed E-state index contributed by atoms with van der Waals surface area (Å²) in [6.45, 7) is 0.884. The van der Waals surface area contributed by atoms with Crippen LogP contribution in [-0.2, 0) is 5.75 Å². The Labute approximate surface area is 127 Å². The van der Waals surface area contributed by atoms with Crippen molar-refractivity contribution in [2.75, 3.05) is 17.6 Å². The first-order chi connectivity index (χ1) is 9.34. The zero-order chi connectivity index (χ0) is 13.3. The first kappa shape index (κ1) is 14.4. The quantitative estimate of drug-likeness (QED) is 0.623. The van der Waals surface area contributed by atoms with E-state index in [4.69, 9.17) is 12.2 Å². The van der Waals surface area contributed by atoms with Gasteiger partial charge < -0.3 is 10.6 Å². The maximum atomic E-state index is 5.24. The first-order valence-corrected chi connectivity index (χ1v) is 8.49. The summed E-state index contributed by atoms with van der Waals surface area (Å²) < 4.78 is 0. The minimum Gasteiger partial charge on any atom is -0.362 e. The Kier molecular flexibility index (Phi) is 6.20. The van der Waals surface area contributed by atoms with Crippen LogP contribution in [0, 0.1) is 0 Å². The molecule has 1 heterocycles. The highest BCUT2D eigenvalue weighted by Gasteiger charge is 1.97. The Bertz CT molecular complexity index is 483. The number of hydrogen-bond acceptors (Lipinski definition) is 3. The Morgan fingerprint density at radius 1 is 1.16 bits per heavy atom. The molecule has 0 saturated carbocycles. The molecule has 0 bridgehead atoms. The monoisotopic (exact) mass is 308 g/mol. The van der Waals surface area contributed by atoms with E-state index in [2.05, 4.69) is 28.1 Å². The van der Waals surface area contributed by atoms with Crippen LogP contribution in [-0.4, -0.2) is 17.4 Å². The molecule has 2 N–H and O–H groups in total. The minimum atomic E-state index is 0.683. The van der Waals surface area contributed by atoms with Gasteiger partial charge in [0.15, 0.2) is 5.11 Å². The van der Waals surface area contributed by atoms with E-state index < -0.39 is 0 Å². The molecule has 0 aliphatic rings. The van der Waals surface area contributed by atoms with Gasteiger partial charge in [0.25, 0.3) is 0 Å². The third kappa shape index (κ3) is 5.63. The summed E-state index contributed by atoms with van der Waals surface area (Å²) in [6, 6.07) is 14.2. The molecule has 1 aromatic heterocycles. The average Bonchev–Trinajstić information content (AvgIpc) is 2.92. The Morgan fingerprint density at radius 2 is 2.00 bits per heavy atom. The smallest absolute Gasteiger partial charge is 0.170 e. The molecule has 0 saturated heterocycles. The van der Waals surface area contributed by atoms with Crippen molar-refractivity contribution >= 4 is 46.1 Å². The molecule has 0 unspecified atom stereocenters. The van der Waals surface area contributed by atoms with Gasteiger partial charge in [0.2, 0.25) is 0 Å². The minimum absolute atomic E-state index is 0.683. The van der Waals surface area contributed by atoms with Crippen molar-refractivity contribution in [2.24, 2.45) is 0 Å². The van der Waals surface area contributed by atoms with Gasteiger partial charge in [-0.3, -0.25) is 0 Å². The van der Waals surface area contributed by atoms with Gasteiger partial charge in [-0.2, -0.15) is 11.8 Å². The number of thioether (sulfide) groups is 1. The van der Waals surface area contributed by atoms with E-state index in [0.29, 0.717) is 5.11 Å². The fraction of sp³-hybridized carbons (Fsp3) is 0.214. The SMILES string of the molecule is S=C(NCCSCc1cccs1)Nc1ccccc1.